The van der Waals surface area contributed by atoms with Crippen molar-refractivity contribution in [2.75, 3.05) is 19.0 Å². The van der Waals surface area contributed by atoms with Crippen molar-refractivity contribution in [3.05, 3.63) is 88.6 Å². The first-order valence-corrected chi connectivity index (χ1v) is 14.5. The van der Waals surface area contributed by atoms with E-state index in [1.165, 1.54) is 36.5 Å². The Morgan fingerprint density at radius 2 is 1.85 bits per heavy atom. The van der Waals surface area contributed by atoms with Crippen LogP contribution >= 0.6 is 0 Å². The highest BCUT2D eigenvalue weighted by atomic mass is 32.2. The van der Waals surface area contributed by atoms with Crippen LogP contribution in [0.3, 0.4) is 0 Å². The van der Waals surface area contributed by atoms with Crippen LogP contribution in [0.5, 0.6) is 5.75 Å². The van der Waals surface area contributed by atoms with E-state index in [1.54, 1.807) is 37.4 Å². The highest BCUT2D eigenvalue weighted by molar-refractivity contribution is 7.89. The number of hydroxylamine groups is 1. The molecule has 0 atom stereocenters. The smallest absolute Gasteiger partial charge is 0.302 e. The first-order valence-electron chi connectivity index (χ1n) is 13.1. The molecule has 2 N–H and O–H groups in total. The number of carbonyl (C=O) groups excluding carboxylic acids is 1. The number of methoxy groups -OCH3 is 1. The summed E-state index contributed by atoms with van der Waals surface area (Å²) in [6.07, 6.45) is 5.34. The predicted octanol–water partition coefficient (Wildman–Crippen LogP) is 4.91. The second kappa shape index (κ2) is 11.9. The fraction of sp³-hybridized carbons (Fsp3) is 0.286. The Kier molecular flexibility index (Phi) is 8.17. The topological polar surface area (TPSA) is 157 Å². The lowest BCUT2D eigenvalue weighted by molar-refractivity contribution is -0.384. The molecule has 1 saturated carbocycles. The fourth-order valence-electron chi connectivity index (χ4n) is 4.89. The Labute approximate surface area is 236 Å². The lowest BCUT2D eigenvalue weighted by Crippen LogP contribution is -2.39. The number of nitrogens with zero attached hydrogens (tertiary/aromatic N) is 3. The van der Waals surface area contributed by atoms with E-state index in [9.17, 15) is 23.3 Å². The van der Waals surface area contributed by atoms with Gasteiger partial charge in [-0.05, 0) is 68.0 Å². The van der Waals surface area contributed by atoms with E-state index >= 15 is 0 Å². The van der Waals surface area contributed by atoms with Crippen LogP contribution in [0, 0.1) is 16.0 Å². The number of fused-ring (bicyclic) bond motifs is 1. The summed E-state index contributed by atoms with van der Waals surface area (Å²) in [6.45, 7) is 0.500. The SMILES string of the molecule is COC1CCC(CNc2ccc(S(=O)(=O)N(Oc3cccc4[nH]ncc34)C(=O)c3ccccc3)cc2[N+](=O)[O-])CC1. The van der Waals surface area contributed by atoms with Crippen molar-refractivity contribution in [1.82, 2.24) is 14.7 Å². The van der Waals surface area contributed by atoms with Gasteiger partial charge in [0.05, 0.1) is 33.0 Å². The number of hydrogen-bond donors (Lipinski definition) is 2. The normalized spacial score (nSPS) is 17.2. The molecule has 1 aliphatic rings. The molecule has 214 valence electrons. The molecule has 1 heterocycles. The number of nitro groups is 1. The van der Waals surface area contributed by atoms with Crippen LogP contribution in [0.2, 0.25) is 0 Å². The van der Waals surface area contributed by atoms with Gasteiger partial charge in [-0.15, -0.1) is 0 Å². The summed E-state index contributed by atoms with van der Waals surface area (Å²) < 4.78 is 33.4. The maximum absolute atomic E-state index is 13.9. The van der Waals surface area contributed by atoms with E-state index in [4.69, 9.17) is 9.57 Å². The average Bonchev–Trinajstić information content (AvgIpc) is 3.49. The van der Waals surface area contributed by atoms with Crippen LogP contribution in [0.4, 0.5) is 11.4 Å². The molecule has 13 heteroatoms. The second-order valence-electron chi connectivity index (χ2n) is 9.78. The van der Waals surface area contributed by atoms with E-state index in [2.05, 4.69) is 15.5 Å². The monoisotopic (exact) mass is 579 g/mol. The standard InChI is InChI=1S/C28H29N5O7S/c1-39-21-12-10-19(11-13-21)17-29-25-15-14-22(16-26(25)32(35)36)41(37,38)33(28(34)20-6-3-2-4-7-20)40-27-9-5-8-24-23(27)18-30-31-24/h2-9,14-16,18-19,21,29H,10-13,17H2,1H3,(H,30,31). The number of ether oxygens (including phenoxy) is 1. The van der Waals surface area contributed by atoms with Crippen LogP contribution in [0.25, 0.3) is 10.9 Å². The molecule has 0 unspecified atom stereocenters. The van der Waals surface area contributed by atoms with Crippen LogP contribution in [0.1, 0.15) is 36.0 Å². The highest BCUT2D eigenvalue weighted by Crippen LogP contribution is 2.33. The maximum atomic E-state index is 13.9. The van der Waals surface area contributed by atoms with Crippen LogP contribution in [0.15, 0.2) is 77.8 Å². The van der Waals surface area contributed by atoms with E-state index in [1.807, 2.05) is 0 Å². The van der Waals surface area contributed by atoms with Crippen molar-refractivity contribution in [2.45, 2.75) is 36.7 Å². The Bertz CT molecular complexity index is 1650. The molecule has 0 radical (unpaired) electrons. The third-order valence-electron chi connectivity index (χ3n) is 7.20. The largest absolute Gasteiger partial charge is 0.381 e. The molecule has 5 rings (SSSR count). The summed E-state index contributed by atoms with van der Waals surface area (Å²) >= 11 is 0. The van der Waals surface area contributed by atoms with Gasteiger partial charge >= 0.3 is 5.91 Å². The molecule has 1 amide bonds. The van der Waals surface area contributed by atoms with Gasteiger partial charge in [0.25, 0.3) is 15.7 Å². The van der Waals surface area contributed by atoms with Gasteiger partial charge < -0.3 is 14.9 Å². The number of sulfonamides is 1. The number of rotatable bonds is 10. The van der Waals surface area contributed by atoms with Gasteiger partial charge in [-0.1, -0.05) is 28.7 Å². The first-order chi connectivity index (χ1) is 19.8. The summed E-state index contributed by atoms with van der Waals surface area (Å²) in [4.78, 5) is 30.1. The maximum Gasteiger partial charge on any atom is 0.302 e. The molecule has 0 bridgehead atoms. The minimum absolute atomic E-state index is 0.0476. The van der Waals surface area contributed by atoms with Gasteiger partial charge in [0.1, 0.15) is 5.69 Å². The Hall–Kier alpha value is -4.49. The van der Waals surface area contributed by atoms with Gasteiger partial charge in [-0.25, -0.2) is 0 Å². The number of hydrogen-bond acceptors (Lipinski definition) is 9. The molecule has 4 aromatic rings. The Balaban J connectivity index is 1.46. The minimum Gasteiger partial charge on any atom is -0.381 e. The number of benzene rings is 3. The second-order valence-corrected chi connectivity index (χ2v) is 11.5. The van der Waals surface area contributed by atoms with Crippen molar-refractivity contribution in [3.8, 4) is 5.75 Å². The minimum atomic E-state index is -4.73. The predicted molar refractivity (Wildman–Crippen MR) is 151 cm³/mol. The lowest BCUT2D eigenvalue weighted by atomic mass is 9.87. The number of H-pyrrole nitrogens is 1. The molecule has 41 heavy (non-hydrogen) atoms. The van der Waals surface area contributed by atoms with Crippen LogP contribution < -0.4 is 10.2 Å². The lowest BCUT2D eigenvalue weighted by Gasteiger charge is -2.27. The fourth-order valence-corrected chi connectivity index (χ4v) is 6.08. The van der Waals surface area contributed by atoms with E-state index in [0.717, 1.165) is 31.7 Å². The van der Waals surface area contributed by atoms with Crippen molar-refractivity contribution in [3.63, 3.8) is 0 Å². The molecular formula is C28H29N5O7S. The summed E-state index contributed by atoms with van der Waals surface area (Å²) in [7, 11) is -3.04. The van der Waals surface area contributed by atoms with Crippen molar-refractivity contribution in [1.29, 1.82) is 0 Å². The van der Waals surface area contributed by atoms with Gasteiger partial charge in [0.2, 0.25) is 0 Å². The molecule has 0 spiro atoms. The number of carbonyl (C=O) groups is 1. The molecule has 1 aromatic heterocycles. The number of nitrogens with one attached hydrogen (secondary N) is 2. The molecule has 0 saturated heterocycles. The van der Waals surface area contributed by atoms with Gasteiger partial charge in [-0.2, -0.15) is 13.5 Å². The zero-order valence-electron chi connectivity index (χ0n) is 22.2. The number of amides is 1. The molecule has 0 aliphatic heterocycles. The van der Waals surface area contributed by atoms with Crippen molar-refractivity contribution >= 4 is 38.2 Å². The first kappa shape index (κ1) is 28.1. The number of aromatic nitrogens is 2. The Morgan fingerprint density at radius 1 is 1.10 bits per heavy atom. The van der Waals surface area contributed by atoms with E-state index in [-0.39, 0.29) is 27.6 Å². The molecule has 3 aromatic carbocycles. The zero-order valence-corrected chi connectivity index (χ0v) is 23.0. The third kappa shape index (κ3) is 6.00. The molecule has 12 nitrogen and oxygen atoms in total. The highest BCUT2D eigenvalue weighted by Gasteiger charge is 2.35. The summed E-state index contributed by atoms with van der Waals surface area (Å²) in [5.41, 5.74) is 0.369. The summed E-state index contributed by atoms with van der Waals surface area (Å²) in [5.74, 6) is -0.606. The summed E-state index contributed by atoms with van der Waals surface area (Å²) in [5, 5.41) is 22.3. The van der Waals surface area contributed by atoms with Crippen molar-refractivity contribution in [2.24, 2.45) is 5.92 Å². The molecule has 1 fully saturated rings. The molecule has 1 aliphatic carbocycles. The quantitative estimate of drug-likeness (QED) is 0.197. The zero-order chi connectivity index (χ0) is 29.0. The number of anilines is 1. The van der Waals surface area contributed by atoms with Crippen molar-refractivity contribution < 1.29 is 27.7 Å². The average molecular weight is 580 g/mol. The van der Waals surface area contributed by atoms with Crippen LogP contribution in [-0.4, -0.2) is 53.7 Å². The van der Waals surface area contributed by atoms with Gasteiger partial charge in [-0.3, -0.25) is 20.0 Å². The molecular weight excluding hydrogens is 550 g/mol. The number of nitro benzene ring substituents is 1. The van der Waals surface area contributed by atoms with Gasteiger partial charge in [0.15, 0.2) is 5.75 Å². The summed E-state index contributed by atoms with van der Waals surface area (Å²) in [6, 6.07) is 16.1. The Morgan fingerprint density at radius 3 is 2.56 bits per heavy atom. The van der Waals surface area contributed by atoms with E-state index < -0.39 is 31.4 Å². The van der Waals surface area contributed by atoms with E-state index in [0.29, 0.717) is 23.4 Å². The third-order valence-corrected chi connectivity index (χ3v) is 8.73. The number of aromatic amines is 1. The van der Waals surface area contributed by atoms with Crippen LogP contribution in [-0.2, 0) is 14.8 Å². The van der Waals surface area contributed by atoms with Gasteiger partial charge in [0, 0.05) is 25.3 Å².